The van der Waals surface area contributed by atoms with Crippen LogP contribution in [0.25, 0.3) is 0 Å². The molecule has 0 spiro atoms. The molecule has 1 amide bonds. The van der Waals surface area contributed by atoms with E-state index in [0.29, 0.717) is 36.5 Å². The molecule has 2 unspecified atom stereocenters. The van der Waals surface area contributed by atoms with Crippen molar-refractivity contribution in [1.82, 2.24) is 15.1 Å². The summed E-state index contributed by atoms with van der Waals surface area (Å²) in [6.45, 7) is 2.96. The van der Waals surface area contributed by atoms with Gasteiger partial charge in [-0.3, -0.25) is 4.79 Å². The number of aromatic nitrogens is 2. The van der Waals surface area contributed by atoms with E-state index in [0.717, 1.165) is 31.0 Å². The predicted molar refractivity (Wildman–Crippen MR) is 97.8 cm³/mol. The topological polar surface area (TPSA) is 68.5 Å². The molecule has 0 bridgehead atoms. The first-order chi connectivity index (χ1) is 12.8. The molecule has 2 aliphatic rings. The van der Waals surface area contributed by atoms with E-state index in [1.165, 1.54) is 6.42 Å². The van der Waals surface area contributed by atoms with Crippen molar-refractivity contribution in [3.8, 4) is 0 Å². The van der Waals surface area contributed by atoms with Gasteiger partial charge in [-0.1, -0.05) is 42.1 Å². The minimum atomic E-state index is -0.00826. The molecule has 2 atom stereocenters. The summed E-state index contributed by atoms with van der Waals surface area (Å²) in [5.41, 5.74) is 1.14. The number of carbonyl (C=O) groups excluding carboxylic acids is 1. The van der Waals surface area contributed by atoms with E-state index < -0.39 is 0 Å². The Morgan fingerprint density at radius 1 is 1.23 bits per heavy atom. The average molecular weight is 373 g/mol. The van der Waals surface area contributed by atoms with E-state index in [2.05, 4.69) is 10.2 Å². The van der Waals surface area contributed by atoms with Crippen molar-refractivity contribution in [2.24, 2.45) is 5.92 Å². The Morgan fingerprint density at radius 2 is 2.12 bits per heavy atom. The first-order valence-corrected chi connectivity index (χ1v) is 10.1. The summed E-state index contributed by atoms with van der Waals surface area (Å²) in [6.07, 6.45) is 2.76. The number of hydrogen-bond donors (Lipinski definition) is 0. The maximum absolute atomic E-state index is 12.3. The second-order valence-electron chi connectivity index (χ2n) is 6.96. The Morgan fingerprint density at radius 3 is 2.92 bits per heavy atom. The van der Waals surface area contributed by atoms with Crippen LogP contribution in [-0.2, 0) is 16.1 Å². The van der Waals surface area contributed by atoms with Crippen molar-refractivity contribution in [3.05, 3.63) is 41.8 Å². The number of carbonyl (C=O) groups is 1. The third-order valence-corrected chi connectivity index (χ3v) is 5.95. The zero-order chi connectivity index (χ0) is 17.8. The van der Waals surface area contributed by atoms with Gasteiger partial charge in [0, 0.05) is 31.9 Å². The summed E-state index contributed by atoms with van der Waals surface area (Å²) < 4.78 is 11.3. The fraction of sp³-hybridized carbons (Fsp3) is 0.526. The Hall–Kier alpha value is -1.86. The van der Waals surface area contributed by atoms with Gasteiger partial charge in [0.15, 0.2) is 0 Å². The molecular formula is C19H23N3O3S. The summed E-state index contributed by atoms with van der Waals surface area (Å²) >= 11 is 1.59. The van der Waals surface area contributed by atoms with E-state index >= 15 is 0 Å². The molecule has 4 rings (SSSR count). The van der Waals surface area contributed by atoms with Crippen LogP contribution in [0.3, 0.4) is 0 Å². The summed E-state index contributed by atoms with van der Waals surface area (Å²) in [5.74, 6) is 2.21. The van der Waals surface area contributed by atoms with Crippen molar-refractivity contribution in [2.45, 2.75) is 36.9 Å². The second kappa shape index (κ2) is 8.22. The molecule has 26 heavy (non-hydrogen) atoms. The minimum Gasteiger partial charge on any atom is -0.416 e. The first kappa shape index (κ1) is 17.5. The largest absolute Gasteiger partial charge is 0.416 e. The molecule has 3 heterocycles. The lowest BCUT2D eigenvalue weighted by atomic mass is 10.1. The first-order valence-electron chi connectivity index (χ1n) is 9.13. The van der Waals surface area contributed by atoms with E-state index in [1.54, 1.807) is 11.8 Å². The highest BCUT2D eigenvalue weighted by Gasteiger charge is 2.34. The molecule has 0 aliphatic carbocycles. The van der Waals surface area contributed by atoms with Crippen LogP contribution in [-0.4, -0.2) is 46.5 Å². The van der Waals surface area contributed by atoms with Crippen molar-refractivity contribution in [3.63, 3.8) is 0 Å². The highest BCUT2D eigenvalue weighted by molar-refractivity contribution is 7.99. The van der Waals surface area contributed by atoms with Crippen molar-refractivity contribution < 1.29 is 13.9 Å². The molecule has 2 aliphatic heterocycles. The fourth-order valence-electron chi connectivity index (χ4n) is 3.47. The Kier molecular flexibility index (Phi) is 5.55. The maximum atomic E-state index is 12.3. The van der Waals surface area contributed by atoms with Crippen LogP contribution in [0.1, 0.15) is 36.6 Å². The van der Waals surface area contributed by atoms with Gasteiger partial charge in [0.25, 0.3) is 5.22 Å². The number of rotatable bonds is 6. The number of likely N-dealkylation sites (tertiary alicyclic amines) is 1. The number of benzene rings is 1. The van der Waals surface area contributed by atoms with E-state index in [1.807, 2.05) is 35.2 Å². The molecule has 2 aromatic rings. The van der Waals surface area contributed by atoms with Gasteiger partial charge in [-0.2, -0.15) is 0 Å². The predicted octanol–water partition coefficient (Wildman–Crippen LogP) is 3.10. The summed E-state index contributed by atoms with van der Waals surface area (Å²) in [4.78, 5) is 14.2. The quantitative estimate of drug-likeness (QED) is 0.725. The maximum Gasteiger partial charge on any atom is 0.276 e. The molecule has 6 nitrogen and oxygen atoms in total. The van der Waals surface area contributed by atoms with Gasteiger partial charge in [0.2, 0.25) is 11.8 Å². The Bertz CT molecular complexity index is 731. The smallest absolute Gasteiger partial charge is 0.276 e. The summed E-state index contributed by atoms with van der Waals surface area (Å²) in [7, 11) is 0. The number of amides is 1. The number of thioether (sulfide) groups is 1. The summed E-state index contributed by atoms with van der Waals surface area (Å²) in [6, 6.07) is 10.0. The monoisotopic (exact) mass is 373 g/mol. The molecule has 0 N–H and O–H groups in total. The van der Waals surface area contributed by atoms with Gasteiger partial charge in [0.1, 0.15) is 0 Å². The van der Waals surface area contributed by atoms with E-state index in [9.17, 15) is 4.79 Å². The molecular weight excluding hydrogens is 350 g/mol. The highest BCUT2D eigenvalue weighted by atomic mass is 32.2. The molecule has 2 fully saturated rings. The Balaban J connectivity index is 1.32. The zero-order valence-corrected chi connectivity index (χ0v) is 15.5. The van der Waals surface area contributed by atoms with Crippen LogP contribution >= 0.6 is 11.8 Å². The summed E-state index contributed by atoms with van der Waals surface area (Å²) in [5, 5.41) is 8.94. The molecule has 138 valence electrons. The van der Waals surface area contributed by atoms with Gasteiger partial charge in [-0.15, -0.1) is 10.2 Å². The molecule has 2 saturated heterocycles. The van der Waals surface area contributed by atoms with Crippen LogP contribution in [0.4, 0.5) is 0 Å². The van der Waals surface area contributed by atoms with Gasteiger partial charge < -0.3 is 14.1 Å². The van der Waals surface area contributed by atoms with Crippen molar-refractivity contribution in [1.29, 1.82) is 0 Å². The average Bonchev–Trinajstić information content (AvgIpc) is 3.29. The number of nitrogens with zero attached hydrogens (tertiary/aromatic N) is 3. The van der Waals surface area contributed by atoms with E-state index in [4.69, 9.17) is 9.15 Å². The lowest BCUT2D eigenvalue weighted by Crippen LogP contribution is -2.24. The lowest BCUT2D eigenvalue weighted by molar-refractivity contribution is -0.128. The Labute approximate surface area is 157 Å². The van der Waals surface area contributed by atoms with Crippen LogP contribution in [0, 0.1) is 5.92 Å². The van der Waals surface area contributed by atoms with Gasteiger partial charge in [-0.25, -0.2) is 0 Å². The third kappa shape index (κ3) is 4.27. The number of hydrogen-bond acceptors (Lipinski definition) is 6. The fourth-order valence-corrected chi connectivity index (χ4v) is 4.35. The normalized spacial score (nSPS) is 23.5. The number of ether oxygens (including phenoxy) is 1. The molecule has 7 heteroatoms. The SMILES string of the molecule is O=C1CC(c2nnc(SCC3CCCOC3)o2)CN1Cc1ccccc1. The standard InChI is InChI=1S/C19H23N3O3S/c23-17-9-16(11-22(17)10-14-5-2-1-3-6-14)18-20-21-19(25-18)26-13-15-7-4-8-24-12-15/h1-3,5-6,15-16H,4,7-13H2. The molecule has 0 radical (unpaired) electrons. The zero-order valence-electron chi connectivity index (χ0n) is 14.7. The minimum absolute atomic E-state index is 0.00826. The second-order valence-corrected chi connectivity index (χ2v) is 7.93. The molecule has 1 aromatic heterocycles. The van der Waals surface area contributed by atoms with E-state index in [-0.39, 0.29) is 11.8 Å². The van der Waals surface area contributed by atoms with Crippen LogP contribution < -0.4 is 0 Å². The van der Waals surface area contributed by atoms with Crippen molar-refractivity contribution >= 4 is 17.7 Å². The van der Waals surface area contributed by atoms with Crippen LogP contribution in [0.15, 0.2) is 40.0 Å². The molecule has 1 aromatic carbocycles. The highest BCUT2D eigenvalue weighted by Crippen LogP contribution is 2.31. The van der Waals surface area contributed by atoms with Crippen LogP contribution in [0.5, 0.6) is 0 Å². The third-order valence-electron chi connectivity index (χ3n) is 4.90. The van der Waals surface area contributed by atoms with Gasteiger partial charge in [-0.05, 0) is 24.3 Å². The lowest BCUT2D eigenvalue weighted by Gasteiger charge is -2.20. The van der Waals surface area contributed by atoms with Gasteiger partial charge >= 0.3 is 0 Å². The molecule has 0 saturated carbocycles. The van der Waals surface area contributed by atoms with Crippen LogP contribution in [0.2, 0.25) is 0 Å². The van der Waals surface area contributed by atoms with Crippen molar-refractivity contribution in [2.75, 3.05) is 25.5 Å². The van der Waals surface area contributed by atoms with Gasteiger partial charge in [0.05, 0.1) is 12.5 Å².